The molecule has 3 rings (SSSR count). The lowest BCUT2D eigenvalue weighted by Gasteiger charge is -2.14. The first-order valence-electron chi connectivity index (χ1n) is 8.33. The Morgan fingerprint density at radius 2 is 2.21 bits per heavy atom. The van der Waals surface area contributed by atoms with E-state index in [1.54, 1.807) is 35.9 Å². The van der Waals surface area contributed by atoms with Crippen LogP contribution in [0.1, 0.15) is 21.9 Å². The van der Waals surface area contributed by atoms with E-state index in [0.717, 1.165) is 0 Å². The molecule has 1 N–H and O–H groups in total. The number of nitrogens with one attached hydrogen (secondary N) is 1. The summed E-state index contributed by atoms with van der Waals surface area (Å²) in [5.74, 6) is 0.353. The summed E-state index contributed by atoms with van der Waals surface area (Å²) in [6.07, 6.45) is 0. The summed E-state index contributed by atoms with van der Waals surface area (Å²) in [5, 5.41) is 7.85. The average Bonchev–Trinajstić information content (AvgIpc) is 3.18. The van der Waals surface area contributed by atoms with Gasteiger partial charge in [-0.1, -0.05) is 23.5 Å². The zero-order valence-corrected chi connectivity index (χ0v) is 17.2. The summed E-state index contributed by atoms with van der Waals surface area (Å²) in [4.78, 5) is 13.6. The molecule has 0 spiro atoms. The van der Waals surface area contributed by atoms with Crippen LogP contribution in [0.4, 0.5) is 15.2 Å². The van der Waals surface area contributed by atoms with Gasteiger partial charge in [-0.15, -0.1) is 5.10 Å². The highest BCUT2D eigenvalue weighted by molar-refractivity contribution is 7.73. The van der Waals surface area contributed by atoms with Gasteiger partial charge in [0.1, 0.15) is 22.9 Å². The van der Waals surface area contributed by atoms with Crippen LogP contribution in [0, 0.1) is 16.7 Å². The maximum Gasteiger partial charge on any atom is 0.341 e. The second kappa shape index (κ2) is 8.63. The van der Waals surface area contributed by atoms with E-state index in [0.29, 0.717) is 45.1 Å². The van der Waals surface area contributed by atoms with Gasteiger partial charge in [-0.05, 0) is 44.4 Å². The second-order valence-corrected chi connectivity index (χ2v) is 7.73. The summed E-state index contributed by atoms with van der Waals surface area (Å²) in [6, 6.07) is 8.04. The zero-order chi connectivity index (χ0) is 20.3. The highest BCUT2D eigenvalue weighted by Gasteiger charge is 2.17. The normalized spacial score (nSPS) is 11.0. The van der Waals surface area contributed by atoms with E-state index in [9.17, 15) is 9.18 Å². The molecule has 0 fully saturated rings. The Hall–Kier alpha value is -2.56. The number of furan rings is 1. The van der Waals surface area contributed by atoms with Crippen LogP contribution in [-0.4, -0.2) is 34.8 Å². The van der Waals surface area contributed by atoms with E-state index in [-0.39, 0.29) is 5.82 Å². The molecule has 0 aliphatic carbocycles. The molecule has 1 aromatic carbocycles. The van der Waals surface area contributed by atoms with Gasteiger partial charge in [0.25, 0.3) is 0 Å². The van der Waals surface area contributed by atoms with E-state index < -0.39 is 5.97 Å². The monoisotopic (exact) mass is 422 g/mol. The molecule has 3 aromatic rings. The SMILES string of the molecule is COC(=O)c1cc(CN(C)Cn2nc(Nc3ccccc3F)sc2=S)oc1C. The number of rotatable bonds is 7. The number of carbonyl (C=O) groups excluding carboxylic acids is 1. The Kier molecular flexibility index (Phi) is 6.22. The lowest BCUT2D eigenvalue weighted by atomic mass is 10.2. The third-order valence-corrected chi connectivity index (χ3v) is 5.12. The molecule has 0 amide bonds. The molecule has 0 bridgehead atoms. The minimum atomic E-state index is -0.430. The van der Waals surface area contributed by atoms with Gasteiger partial charge in [0.15, 0.2) is 3.95 Å². The molecule has 148 valence electrons. The number of hydrogen-bond donors (Lipinski definition) is 1. The maximum atomic E-state index is 13.8. The Morgan fingerprint density at radius 3 is 2.93 bits per heavy atom. The number of methoxy groups -OCH3 is 1. The van der Waals surface area contributed by atoms with E-state index in [1.807, 2.05) is 11.9 Å². The highest BCUT2D eigenvalue weighted by Crippen LogP contribution is 2.23. The van der Waals surface area contributed by atoms with Crippen molar-refractivity contribution >= 4 is 40.3 Å². The molecule has 0 aliphatic rings. The fraction of sp³-hybridized carbons (Fsp3) is 0.278. The third-order valence-electron chi connectivity index (χ3n) is 3.90. The third kappa shape index (κ3) is 4.64. The van der Waals surface area contributed by atoms with Crippen molar-refractivity contribution in [2.24, 2.45) is 0 Å². The van der Waals surface area contributed by atoms with Crippen LogP contribution >= 0.6 is 23.6 Å². The molecular weight excluding hydrogens is 403 g/mol. The van der Waals surface area contributed by atoms with E-state index >= 15 is 0 Å². The van der Waals surface area contributed by atoms with E-state index in [2.05, 4.69) is 10.4 Å². The van der Waals surface area contributed by atoms with Crippen molar-refractivity contribution in [2.75, 3.05) is 19.5 Å². The molecule has 0 aliphatic heterocycles. The first-order chi connectivity index (χ1) is 13.4. The van der Waals surface area contributed by atoms with Crippen LogP contribution in [0.3, 0.4) is 0 Å². The lowest BCUT2D eigenvalue weighted by Crippen LogP contribution is -2.22. The summed E-state index contributed by atoms with van der Waals surface area (Å²) in [5.41, 5.74) is 0.751. The van der Waals surface area contributed by atoms with Crippen LogP contribution in [0.2, 0.25) is 0 Å². The number of anilines is 2. The van der Waals surface area contributed by atoms with Crippen molar-refractivity contribution in [3.63, 3.8) is 0 Å². The van der Waals surface area contributed by atoms with Crippen molar-refractivity contribution in [1.82, 2.24) is 14.7 Å². The highest BCUT2D eigenvalue weighted by atomic mass is 32.1. The lowest BCUT2D eigenvalue weighted by molar-refractivity contribution is 0.0599. The van der Waals surface area contributed by atoms with Gasteiger partial charge in [-0.3, -0.25) is 4.90 Å². The van der Waals surface area contributed by atoms with Gasteiger partial charge < -0.3 is 14.5 Å². The molecule has 0 radical (unpaired) electrons. The van der Waals surface area contributed by atoms with Crippen molar-refractivity contribution in [2.45, 2.75) is 20.1 Å². The average molecular weight is 423 g/mol. The largest absolute Gasteiger partial charge is 0.465 e. The molecule has 0 saturated heterocycles. The van der Waals surface area contributed by atoms with Gasteiger partial charge in [0.05, 0.1) is 26.0 Å². The number of esters is 1. The molecule has 2 heterocycles. The first kappa shape index (κ1) is 20.2. The van der Waals surface area contributed by atoms with Gasteiger partial charge in [-0.25, -0.2) is 13.9 Å². The molecule has 0 unspecified atom stereocenters. The maximum absolute atomic E-state index is 13.8. The topological polar surface area (TPSA) is 72.5 Å². The fourth-order valence-electron chi connectivity index (χ4n) is 2.60. The van der Waals surface area contributed by atoms with Crippen LogP contribution < -0.4 is 5.32 Å². The molecule has 28 heavy (non-hydrogen) atoms. The van der Waals surface area contributed by atoms with Gasteiger partial charge >= 0.3 is 5.97 Å². The quantitative estimate of drug-likeness (QED) is 0.449. The Bertz CT molecular complexity index is 1040. The number of halogens is 1. The van der Waals surface area contributed by atoms with E-state index in [4.69, 9.17) is 21.4 Å². The van der Waals surface area contributed by atoms with Crippen molar-refractivity contribution in [3.05, 3.63) is 57.2 Å². The number of para-hydroxylation sites is 1. The first-order valence-corrected chi connectivity index (χ1v) is 9.55. The van der Waals surface area contributed by atoms with Crippen molar-refractivity contribution in [1.29, 1.82) is 0 Å². The molecule has 0 saturated carbocycles. The number of aromatic nitrogens is 2. The van der Waals surface area contributed by atoms with E-state index in [1.165, 1.54) is 24.5 Å². The zero-order valence-electron chi connectivity index (χ0n) is 15.6. The Morgan fingerprint density at radius 1 is 1.46 bits per heavy atom. The molecule has 10 heteroatoms. The predicted molar refractivity (Wildman–Crippen MR) is 107 cm³/mol. The molecular formula is C18H19FN4O3S2. The Labute approximate surface area is 170 Å². The number of benzene rings is 1. The molecule has 2 aromatic heterocycles. The smallest absolute Gasteiger partial charge is 0.341 e. The summed E-state index contributed by atoms with van der Waals surface area (Å²) >= 11 is 6.61. The van der Waals surface area contributed by atoms with Gasteiger partial charge in [-0.2, -0.15) is 0 Å². The Balaban J connectivity index is 1.67. The summed E-state index contributed by atoms with van der Waals surface area (Å²) in [6.45, 7) is 2.57. The van der Waals surface area contributed by atoms with Gasteiger partial charge in [0, 0.05) is 0 Å². The fourth-order valence-corrected chi connectivity index (χ4v) is 3.61. The van der Waals surface area contributed by atoms with Gasteiger partial charge in [0.2, 0.25) is 5.13 Å². The predicted octanol–water partition coefficient (Wildman–Crippen LogP) is 4.33. The van der Waals surface area contributed by atoms with Crippen molar-refractivity contribution < 1.29 is 18.3 Å². The number of aryl methyl sites for hydroxylation is 1. The minimum absolute atomic E-state index is 0.341. The number of hydrogen-bond acceptors (Lipinski definition) is 8. The summed E-state index contributed by atoms with van der Waals surface area (Å²) < 4.78 is 26.3. The standard InChI is InChI=1S/C18H19FN4O3S2/c1-11-13(16(24)25-3)8-12(26-11)9-22(2)10-23-18(27)28-17(21-23)20-15-7-5-4-6-14(15)19/h4-8H,9-10H2,1-3H3,(H,20,21). The van der Waals surface area contributed by atoms with Crippen molar-refractivity contribution in [3.8, 4) is 0 Å². The van der Waals surface area contributed by atoms with Crippen LogP contribution in [-0.2, 0) is 18.0 Å². The minimum Gasteiger partial charge on any atom is -0.465 e. The molecule has 0 atom stereocenters. The van der Waals surface area contributed by atoms with Crippen LogP contribution in [0.15, 0.2) is 34.7 Å². The van der Waals surface area contributed by atoms with Crippen LogP contribution in [0.5, 0.6) is 0 Å². The second-order valence-electron chi connectivity index (χ2n) is 6.11. The number of carbonyl (C=O) groups is 1. The summed E-state index contributed by atoms with van der Waals surface area (Å²) in [7, 11) is 3.21. The number of ether oxygens (including phenoxy) is 1. The van der Waals surface area contributed by atoms with Crippen LogP contribution in [0.25, 0.3) is 0 Å². The molecule has 7 nitrogen and oxygen atoms in total. The number of nitrogens with zero attached hydrogens (tertiary/aromatic N) is 3.